The topological polar surface area (TPSA) is 85.6 Å². The number of aromatic nitrogens is 5. The van der Waals surface area contributed by atoms with Gasteiger partial charge in [-0.2, -0.15) is 0 Å². The van der Waals surface area contributed by atoms with Crippen molar-refractivity contribution in [2.75, 3.05) is 11.1 Å². The van der Waals surface area contributed by atoms with E-state index in [-0.39, 0.29) is 5.91 Å². The van der Waals surface area contributed by atoms with Crippen LogP contribution >= 0.6 is 11.8 Å². The van der Waals surface area contributed by atoms with Gasteiger partial charge in [-0.15, -0.1) is 5.10 Å². The van der Waals surface area contributed by atoms with Crippen molar-refractivity contribution in [1.82, 2.24) is 25.2 Å². The summed E-state index contributed by atoms with van der Waals surface area (Å²) >= 11 is 1.53. The molecule has 0 spiro atoms. The van der Waals surface area contributed by atoms with Gasteiger partial charge >= 0.3 is 0 Å². The van der Waals surface area contributed by atoms with E-state index in [1.165, 1.54) is 11.8 Å². The summed E-state index contributed by atoms with van der Waals surface area (Å²) in [4.78, 5) is 15.7. The number of amides is 1. The second-order valence-electron chi connectivity index (χ2n) is 3.80. The highest BCUT2D eigenvalue weighted by molar-refractivity contribution is 7.99. The zero-order chi connectivity index (χ0) is 13.5. The molecule has 1 N–H and O–H groups in total. The van der Waals surface area contributed by atoms with Crippen LogP contribution in [0.5, 0.6) is 0 Å². The molecule has 19 heavy (non-hydrogen) atoms. The van der Waals surface area contributed by atoms with E-state index in [1.807, 2.05) is 6.07 Å². The Bertz CT molecular complexity index is 529. The van der Waals surface area contributed by atoms with Crippen molar-refractivity contribution < 1.29 is 4.79 Å². The molecule has 2 rings (SSSR count). The molecule has 2 aromatic rings. The molecule has 0 aliphatic carbocycles. The maximum Gasteiger partial charge on any atom is 0.225 e. The molecule has 0 aliphatic heterocycles. The highest BCUT2D eigenvalue weighted by Crippen LogP contribution is 2.14. The van der Waals surface area contributed by atoms with Gasteiger partial charge in [-0.1, -0.05) is 17.8 Å². The number of hydrogen-bond donors (Lipinski definition) is 1. The molecule has 0 radical (unpaired) electrons. The van der Waals surface area contributed by atoms with E-state index in [9.17, 15) is 4.79 Å². The molecule has 0 aromatic carbocycles. The van der Waals surface area contributed by atoms with Crippen molar-refractivity contribution >= 4 is 23.5 Å². The second-order valence-corrected chi connectivity index (χ2v) is 4.86. The van der Waals surface area contributed by atoms with Crippen LogP contribution in [0.2, 0.25) is 0 Å². The predicted octanol–water partition coefficient (Wildman–Crippen LogP) is 1.12. The Morgan fingerprint density at radius 2 is 2.37 bits per heavy atom. The molecule has 8 heteroatoms. The molecule has 0 saturated heterocycles. The number of hydrogen-bond acceptors (Lipinski definition) is 6. The van der Waals surface area contributed by atoms with Crippen LogP contribution in [0.1, 0.15) is 12.8 Å². The molecule has 2 heterocycles. The number of tetrazole rings is 1. The van der Waals surface area contributed by atoms with E-state index in [2.05, 4.69) is 25.8 Å². The first-order valence-electron chi connectivity index (χ1n) is 5.82. The van der Waals surface area contributed by atoms with Crippen LogP contribution in [0.25, 0.3) is 0 Å². The van der Waals surface area contributed by atoms with Crippen molar-refractivity contribution in [2.24, 2.45) is 7.05 Å². The first-order chi connectivity index (χ1) is 9.25. The lowest BCUT2D eigenvalue weighted by Gasteiger charge is -2.03. The molecule has 7 nitrogen and oxygen atoms in total. The van der Waals surface area contributed by atoms with Crippen molar-refractivity contribution in [3.05, 3.63) is 24.4 Å². The van der Waals surface area contributed by atoms with E-state index < -0.39 is 0 Å². The standard InChI is InChI=1S/C11H14N6OS/c1-17-11(14-15-16-17)19-8-4-6-10(18)13-9-5-2-3-7-12-9/h2-3,5,7H,4,6,8H2,1H3,(H,12,13,18). The van der Waals surface area contributed by atoms with Crippen molar-refractivity contribution in [3.63, 3.8) is 0 Å². The fourth-order valence-electron chi connectivity index (χ4n) is 1.38. The summed E-state index contributed by atoms with van der Waals surface area (Å²) in [6.45, 7) is 0. The van der Waals surface area contributed by atoms with Gasteiger partial charge in [-0.3, -0.25) is 4.79 Å². The highest BCUT2D eigenvalue weighted by Gasteiger charge is 2.05. The number of anilines is 1. The highest BCUT2D eigenvalue weighted by atomic mass is 32.2. The third kappa shape index (κ3) is 4.32. The van der Waals surface area contributed by atoms with Crippen LogP contribution in [0.15, 0.2) is 29.6 Å². The Morgan fingerprint density at radius 1 is 1.47 bits per heavy atom. The second kappa shape index (κ2) is 6.83. The van der Waals surface area contributed by atoms with Gasteiger partial charge in [-0.25, -0.2) is 9.67 Å². The summed E-state index contributed by atoms with van der Waals surface area (Å²) < 4.78 is 1.61. The lowest BCUT2D eigenvalue weighted by atomic mass is 10.3. The Morgan fingerprint density at radius 3 is 3.05 bits per heavy atom. The van der Waals surface area contributed by atoms with Crippen molar-refractivity contribution in [1.29, 1.82) is 0 Å². The Kier molecular flexibility index (Phi) is 4.85. The number of thioether (sulfide) groups is 1. The van der Waals surface area contributed by atoms with Gasteiger partial charge in [0.25, 0.3) is 0 Å². The maximum atomic E-state index is 11.6. The maximum absolute atomic E-state index is 11.6. The first kappa shape index (κ1) is 13.5. The van der Waals surface area contributed by atoms with Crippen LogP contribution < -0.4 is 5.32 Å². The lowest BCUT2D eigenvalue weighted by Crippen LogP contribution is -2.12. The van der Waals surface area contributed by atoms with Crippen LogP contribution in [0.3, 0.4) is 0 Å². The van der Waals surface area contributed by atoms with Crippen LogP contribution in [0, 0.1) is 0 Å². The molecule has 0 atom stereocenters. The van der Waals surface area contributed by atoms with Gasteiger partial charge in [0.15, 0.2) is 0 Å². The van der Waals surface area contributed by atoms with Gasteiger partial charge in [0, 0.05) is 25.4 Å². The van der Waals surface area contributed by atoms with E-state index >= 15 is 0 Å². The van der Waals surface area contributed by atoms with E-state index in [0.717, 1.165) is 17.3 Å². The summed E-state index contributed by atoms with van der Waals surface area (Å²) in [5, 5.41) is 14.6. The van der Waals surface area contributed by atoms with E-state index in [0.29, 0.717) is 12.2 Å². The Labute approximate surface area is 114 Å². The third-order valence-electron chi connectivity index (χ3n) is 2.29. The molecule has 0 unspecified atom stereocenters. The molecule has 2 aromatic heterocycles. The molecule has 0 bridgehead atoms. The number of nitrogens with zero attached hydrogens (tertiary/aromatic N) is 5. The largest absolute Gasteiger partial charge is 0.311 e. The zero-order valence-corrected chi connectivity index (χ0v) is 11.3. The number of nitrogens with one attached hydrogen (secondary N) is 1. The van der Waals surface area contributed by atoms with Crippen LogP contribution in [-0.2, 0) is 11.8 Å². The normalized spacial score (nSPS) is 10.4. The minimum Gasteiger partial charge on any atom is -0.311 e. The van der Waals surface area contributed by atoms with Gasteiger partial charge in [0.1, 0.15) is 5.82 Å². The molecule has 1 amide bonds. The zero-order valence-electron chi connectivity index (χ0n) is 10.5. The fourth-order valence-corrected chi connectivity index (χ4v) is 2.17. The average molecular weight is 278 g/mol. The van der Waals surface area contributed by atoms with E-state index in [1.54, 1.807) is 30.1 Å². The van der Waals surface area contributed by atoms with Gasteiger partial charge < -0.3 is 5.32 Å². The Hall–Kier alpha value is -1.96. The smallest absolute Gasteiger partial charge is 0.225 e. The number of rotatable bonds is 6. The Balaban J connectivity index is 1.66. The number of aryl methyl sites for hydroxylation is 1. The minimum absolute atomic E-state index is 0.0320. The van der Waals surface area contributed by atoms with E-state index in [4.69, 9.17) is 0 Å². The SMILES string of the molecule is Cn1nnnc1SCCCC(=O)Nc1ccccn1. The fraction of sp³-hybridized carbons (Fsp3) is 0.364. The summed E-state index contributed by atoms with van der Waals surface area (Å²) in [7, 11) is 1.79. The first-order valence-corrected chi connectivity index (χ1v) is 6.80. The summed E-state index contributed by atoms with van der Waals surface area (Å²) in [6, 6.07) is 5.40. The molecule has 0 aliphatic rings. The molecule has 0 fully saturated rings. The molecule has 100 valence electrons. The van der Waals surface area contributed by atoms with Crippen molar-refractivity contribution in [3.8, 4) is 0 Å². The minimum atomic E-state index is -0.0320. The van der Waals surface area contributed by atoms with Gasteiger partial charge in [0.2, 0.25) is 11.1 Å². The monoisotopic (exact) mass is 278 g/mol. The third-order valence-corrected chi connectivity index (χ3v) is 3.39. The molecular weight excluding hydrogens is 264 g/mol. The number of pyridine rings is 1. The molecule has 0 saturated carbocycles. The van der Waals surface area contributed by atoms with Gasteiger partial charge in [-0.05, 0) is 29.0 Å². The summed E-state index contributed by atoms with van der Waals surface area (Å²) in [6.07, 6.45) is 2.86. The summed E-state index contributed by atoms with van der Waals surface area (Å²) in [5.74, 6) is 1.34. The quantitative estimate of drug-likeness (QED) is 0.629. The molecular formula is C11H14N6OS. The average Bonchev–Trinajstić information content (AvgIpc) is 2.81. The number of carbonyl (C=O) groups is 1. The number of carbonyl (C=O) groups excluding carboxylic acids is 1. The lowest BCUT2D eigenvalue weighted by molar-refractivity contribution is -0.116. The van der Waals surface area contributed by atoms with Crippen LogP contribution in [0.4, 0.5) is 5.82 Å². The predicted molar refractivity (Wildman–Crippen MR) is 71.6 cm³/mol. The van der Waals surface area contributed by atoms with Crippen molar-refractivity contribution in [2.45, 2.75) is 18.0 Å². The van der Waals surface area contributed by atoms with Gasteiger partial charge in [0.05, 0.1) is 0 Å². The van der Waals surface area contributed by atoms with Crippen LogP contribution in [-0.4, -0.2) is 36.9 Å². The summed E-state index contributed by atoms with van der Waals surface area (Å²) in [5.41, 5.74) is 0.